The van der Waals surface area contributed by atoms with Crippen LogP contribution in [0.3, 0.4) is 0 Å². The van der Waals surface area contributed by atoms with Crippen LogP contribution in [0.4, 0.5) is 17.1 Å². The largest absolute Gasteiger partial charge is 0.490 e. The van der Waals surface area contributed by atoms with Crippen molar-refractivity contribution in [3.63, 3.8) is 0 Å². The first-order valence-corrected chi connectivity index (χ1v) is 10.3. The van der Waals surface area contributed by atoms with E-state index in [2.05, 4.69) is 11.9 Å². The van der Waals surface area contributed by atoms with Crippen molar-refractivity contribution in [2.24, 2.45) is 0 Å². The molecule has 0 aromatic heterocycles. The molecule has 0 spiro atoms. The molecular formula is C19H21N3O6S. The Morgan fingerprint density at radius 2 is 1.93 bits per heavy atom. The van der Waals surface area contributed by atoms with Crippen LogP contribution in [0.15, 0.2) is 55.1 Å². The van der Waals surface area contributed by atoms with E-state index in [1.807, 2.05) is 0 Å². The predicted molar refractivity (Wildman–Crippen MR) is 111 cm³/mol. The van der Waals surface area contributed by atoms with Crippen molar-refractivity contribution in [1.82, 2.24) is 0 Å². The number of ether oxygens (including phenoxy) is 1. The highest BCUT2D eigenvalue weighted by molar-refractivity contribution is 7.92. The van der Waals surface area contributed by atoms with Gasteiger partial charge in [0.15, 0.2) is 0 Å². The van der Waals surface area contributed by atoms with Gasteiger partial charge in [0.25, 0.3) is 5.69 Å². The van der Waals surface area contributed by atoms with Crippen LogP contribution in [0.1, 0.15) is 5.56 Å². The summed E-state index contributed by atoms with van der Waals surface area (Å²) in [5, 5.41) is 13.7. The molecular weight excluding hydrogens is 398 g/mol. The van der Waals surface area contributed by atoms with Crippen molar-refractivity contribution >= 4 is 33.0 Å². The van der Waals surface area contributed by atoms with Crippen molar-refractivity contribution < 1.29 is 22.9 Å². The molecule has 0 aliphatic rings. The molecule has 2 rings (SSSR count). The molecule has 0 radical (unpaired) electrons. The topological polar surface area (TPSA) is 119 Å². The average Bonchev–Trinajstić information content (AvgIpc) is 2.65. The van der Waals surface area contributed by atoms with Crippen LogP contribution in [0, 0.1) is 17.0 Å². The lowest BCUT2D eigenvalue weighted by Gasteiger charge is -2.23. The third-order valence-corrected chi connectivity index (χ3v) is 5.06. The van der Waals surface area contributed by atoms with Gasteiger partial charge in [0.05, 0.1) is 22.4 Å². The number of nitrogens with zero attached hydrogens (tertiary/aromatic N) is 2. The first-order chi connectivity index (χ1) is 13.6. The summed E-state index contributed by atoms with van der Waals surface area (Å²) < 4.78 is 30.7. The van der Waals surface area contributed by atoms with Crippen molar-refractivity contribution in [1.29, 1.82) is 0 Å². The molecule has 0 bridgehead atoms. The normalized spacial score (nSPS) is 10.8. The summed E-state index contributed by atoms with van der Waals surface area (Å²) >= 11 is 0. The molecule has 0 unspecified atom stereocenters. The van der Waals surface area contributed by atoms with E-state index in [0.29, 0.717) is 18.0 Å². The minimum atomic E-state index is -3.87. The first-order valence-electron chi connectivity index (χ1n) is 8.49. The van der Waals surface area contributed by atoms with Crippen LogP contribution in [-0.4, -0.2) is 38.7 Å². The Balaban J connectivity index is 2.21. The van der Waals surface area contributed by atoms with Gasteiger partial charge in [0.2, 0.25) is 15.9 Å². The van der Waals surface area contributed by atoms with Crippen LogP contribution in [0.2, 0.25) is 0 Å². The zero-order valence-electron chi connectivity index (χ0n) is 16.0. The van der Waals surface area contributed by atoms with Gasteiger partial charge >= 0.3 is 0 Å². The maximum absolute atomic E-state index is 12.4. The van der Waals surface area contributed by atoms with Gasteiger partial charge in [-0.3, -0.25) is 19.2 Å². The number of benzene rings is 2. The molecule has 0 aliphatic heterocycles. The number of nitro groups is 1. The molecule has 1 amide bonds. The van der Waals surface area contributed by atoms with Crippen LogP contribution >= 0.6 is 0 Å². The Bertz CT molecular complexity index is 1020. The summed E-state index contributed by atoms with van der Waals surface area (Å²) in [5.74, 6) is -0.00558. The maximum Gasteiger partial charge on any atom is 0.274 e. The smallest absolute Gasteiger partial charge is 0.274 e. The van der Waals surface area contributed by atoms with Crippen LogP contribution < -0.4 is 14.4 Å². The van der Waals surface area contributed by atoms with Gasteiger partial charge in [-0.1, -0.05) is 18.7 Å². The number of carbonyl (C=O) groups excluding carboxylic acids is 1. The average molecular weight is 419 g/mol. The van der Waals surface area contributed by atoms with E-state index in [4.69, 9.17) is 4.74 Å². The van der Waals surface area contributed by atoms with E-state index in [0.717, 1.165) is 10.6 Å². The molecule has 0 saturated carbocycles. The molecule has 29 heavy (non-hydrogen) atoms. The fourth-order valence-corrected chi connectivity index (χ4v) is 3.49. The predicted octanol–water partition coefficient (Wildman–Crippen LogP) is 2.87. The molecule has 154 valence electrons. The van der Waals surface area contributed by atoms with E-state index in [1.165, 1.54) is 25.1 Å². The van der Waals surface area contributed by atoms with Crippen LogP contribution in [-0.2, 0) is 14.8 Å². The highest BCUT2D eigenvalue weighted by Crippen LogP contribution is 2.29. The second kappa shape index (κ2) is 9.20. The van der Waals surface area contributed by atoms with Gasteiger partial charge in [0.1, 0.15) is 18.9 Å². The van der Waals surface area contributed by atoms with Gasteiger partial charge < -0.3 is 10.1 Å². The minimum Gasteiger partial charge on any atom is -0.490 e. The second-order valence-corrected chi connectivity index (χ2v) is 8.03. The number of nitro benzene ring substituents is 1. The maximum atomic E-state index is 12.4. The Morgan fingerprint density at radius 3 is 2.48 bits per heavy atom. The lowest BCUT2D eigenvalue weighted by atomic mass is 10.1. The van der Waals surface area contributed by atoms with Gasteiger partial charge in [0, 0.05) is 11.8 Å². The zero-order chi connectivity index (χ0) is 21.6. The lowest BCUT2D eigenvalue weighted by Crippen LogP contribution is -2.37. The molecule has 0 heterocycles. The molecule has 2 aromatic carbocycles. The van der Waals surface area contributed by atoms with Gasteiger partial charge in [-0.05, 0) is 37.3 Å². The summed E-state index contributed by atoms with van der Waals surface area (Å²) in [5.41, 5.74) is 0.446. The Labute approximate surface area is 168 Å². The van der Waals surface area contributed by atoms with Crippen molar-refractivity contribution in [3.05, 3.63) is 70.8 Å². The number of nitrogens with one attached hydrogen (secondary N) is 1. The quantitative estimate of drug-likeness (QED) is 0.379. The third kappa shape index (κ3) is 5.79. The number of hydrogen-bond donors (Lipinski definition) is 1. The monoisotopic (exact) mass is 419 g/mol. The fraction of sp³-hybridized carbons (Fsp3) is 0.211. The van der Waals surface area contributed by atoms with E-state index < -0.39 is 27.4 Å². The molecule has 1 N–H and O–H groups in total. The molecule has 0 saturated heterocycles. The molecule has 10 heteroatoms. The molecule has 0 atom stereocenters. The Hall–Kier alpha value is -3.40. The third-order valence-electron chi connectivity index (χ3n) is 3.94. The number of carbonyl (C=O) groups is 1. The number of amides is 1. The highest BCUT2D eigenvalue weighted by atomic mass is 32.2. The first kappa shape index (κ1) is 21.9. The van der Waals surface area contributed by atoms with E-state index in [9.17, 15) is 23.3 Å². The summed E-state index contributed by atoms with van der Waals surface area (Å²) in [7, 11) is -3.87. The molecule has 2 aromatic rings. The van der Waals surface area contributed by atoms with Gasteiger partial charge in [-0.15, -0.1) is 0 Å². The Morgan fingerprint density at radius 1 is 1.28 bits per heavy atom. The van der Waals surface area contributed by atoms with E-state index in [-0.39, 0.29) is 16.9 Å². The summed E-state index contributed by atoms with van der Waals surface area (Å²) in [6.07, 6.45) is 2.54. The van der Waals surface area contributed by atoms with Gasteiger partial charge in [-0.2, -0.15) is 0 Å². The number of hydrogen-bond acceptors (Lipinski definition) is 6. The summed E-state index contributed by atoms with van der Waals surface area (Å²) in [4.78, 5) is 23.0. The van der Waals surface area contributed by atoms with Crippen LogP contribution in [0.5, 0.6) is 5.75 Å². The number of rotatable bonds is 9. The summed E-state index contributed by atoms with van der Waals surface area (Å²) in [6.45, 7) is 4.80. The van der Waals surface area contributed by atoms with Crippen molar-refractivity contribution in [2.45, 2.75) is 6.92 Å². The summed E-state index contributed by atoms with van der Waals surface area (Å²) in [6, 6.07) is 10.6. The van der Waals surface area contributed by atoms with Crippen LogP contribution in [0.25, 0.3) is 0 Å². The van der Waals surface area contributed by atoms with E-state index in [1.54, 1.807) is 30.3 Å². The standard InChI is InChI=1S/C19H21N3O6S/c1-4-12-28-16-10-8-15(9-11-16)20-19(23)13-21(29(3,26)27)17-6-5-7-18(14(17)2)22(24)25/h4-11H,1,12-13H2,2-3H3,(H,20,23). The van der Waals surface area contributed by atoms with E-state index >= 15 is 0 Å². The Kier molecular flexibility index (Phi) is 6.94. The minimum absolute atomic E-state index is 0.0741. The lowest BCUT2D eigenvalue weighted by molar-refractivity contribution is -0.385. The van der Waals surface area contributed by atoms with Crippen molar-refractivity contribution in [2.75, 3.05) is 29.0 Å². The second-order valence-electron chi connectivity index (χ2n) is 6.12. The fourth-order valence-electron chi connectivity index (χ4n) is 2.58. The van der Waals surface area contributed by atoms with Gasteiger partial charge in [-0.25, -0.2) is 8.42 Å². The molecule has 0 aliphatic carbocycles. The number of anilines is 2. The molecule has 0 fully saturated rings. The SMILES string of the molecule is C=CCOc1ccc(NC(=O)CN(c2cccc([N+](=O)[O-])c2C)S(C)(=O)=O)cc1. The zero-order valence-corrected chi connectivity index (χ0v) is 16.8. The number of sulfonamides is 1. The highest BCUT2D eigenvalue weighted by Gasteiger charge is 2.25. The molecule has 9 nitrogen and oxygen atoms in total. The van der Waals surface area contributed by atoms with Crippen molar-refractivity contribution in [3.8, 4) is 5.75 Å².